The Hall–Kier alpha value is -3.69. The largest absolute Gasteiger partial charge is 0.493 e. The lowest BCUT2D eigenvalue weighted by atomic mass is 9.89. The zero-order chi connectivity index (χ0) is 21.8. The van der Waals surface area contributed by atoms with Gasteiger partial charge in [0.05, 0.1) is 18.4 Å². The molecule has 0 bridgehead atoms. The Morgan fingerprint density at radius 1 is 1.19 bits per heavy atom. The van der Waals surface area contributed by atoms with Crippen LogP contribution in [-0.2, 0) is 11.0 Å². The van der Waals surface area contributed by atoms with E-state index in [0.29, 0.717) is 34.4 Å². The van der Waals surface area contributed by atoms with Gasteiger partial charge in [-0.2, -0.15) is 13.2 Å². The van der Waals surface area contributed by atoms with Crippen LogP contribution in [0.25, 0.3) is 5.69 Å². The minimum Gasteiger partial charge on any atom is -0.493 e. The molecule has 3 aromatic rings. The van der Waals surface area contributed by atoms with Crippen LogP contribution in [0, 0.1) is 0 Å². The van der Waals surface area contributed by atoms with E-state index in [0.717, 1.165) is 17.7 Å². The molecule has 0 radical (unpaired) electrons. The number of carbonyl (C=O) groups excluding carboxylic acids is 1. The number of nitrogens with zero attached hydrogens (tertiary/aromatic N) is 2. The monoisotopic (exact) mass is 431 g/mol. The lowest BCUT2D eigenvalue weighted by Gasteiger charge is -2.25. The Kier molecular flexibility index (Phi) is 4.31. The minimum absolute atomic E-state index is 0.0645. The highest BCUT2D eigenvalue weighted by atomic mass is 19.4. The Labute approximate surface area is 174 Å². The van der Waals surface area contributed by atoms with Crippen molar-refractivity contribution in [2.24, 2.45) is 0 Å². The van der Waals surface area contributed by atoms with Gasteiger partial charge in [0.1, 0.15) is 6.33 Å². The molecule has 1 unspecified atom stereocenters. The first-order valence-corrected chi connectivity index (χ1v) is 9.37. The summed E-state index contributed by atoms with van der Waals surface area (Å²) in [6, 6.07) is 8.33. The summed E-state index contributed by atoms with van der Waals surface area (Å²) in [6.07, 6.45) is -2.81. The van der Waals surface area contributed by atoms with Crippen molar-refractivity contribution in [1.82, 2.24) is 9.55 Å². The summed E-state index contributed by atoms with van der Waals surface area (Å²) in [4.78, 5) is 16.6. The van der Waals surface area contributed by atoms with E-state index in [9.17, 15) is 18.0 Å². The van der Waals surface area contributed by atoms with Gasteiger partial charge in [-0.1, -0.05) is 0 Å². The molecule has 2 aromatic carbocycles. The third-order valence-corrected chi connectivity index (χ3v) is 5.34. The molecule has 2 aliphatic heterocycles. The Balaban J connectivity index is 1.61. The second-order valence-electron chi connectivity index (χ2n) is 7.15. The summed E-state index contributed by atoms with van der Waals surface area (Å²) in [5.41, 5.74) is 1.15. The maximum absolute atomic E-state index is 12.9. The number of hydrogen-bond donors (Lipinski definition) is 1. The van der Waals surface area contributed by atoms with Crippen LogP contribution in [0.1, 0.15) is 29.2 Å². The highest BCUT2D eigenvalue weighted by Gasteiger charge is 2.34. The molecule has 0 spiro atoms. The number of fused-ring (bicyclic) bond motifs is 2. The number of benzene rings is 2. The van der Waals surface area contributed by atoms with Gasteiger partial charge in [0.15, 0.2) is 17.3 Å². The van der Waals surface area contributed by atoms with Crippen LogP contribution in [0.15, 0.2) is 42.7 Å². The summed E-state index contributed by atoms with van der Waals surface area (Å²) < 4.78 is 56.8. The molecule has 0 saturated carbocycles. The van der Waals surface area contributed by atoms with E-state index in [2.05, 4.69) is 10.3 Å². The minimum atomic E-state index is -4.42. The maximum Gasteiger partial charge on any atom is 0.416 e. The van der Waals surface area contributed by atoms with Crippen LogP contribution in [0.5, 0.6) is 17.2 Å². The van der Waals surface area contributed by atoms with E-state index in [4.69, 9.17) is 14.2 Å². The topological polar surface area (TPSA) is 74.6 Å². The van der Waals surface area contributed by atoms with Crippen LogP contribution >= 0.6 is 0 Å². The first kappa shape index (κ1) is 19.3. The van der Waals surface area contributed by atoms with Gasteiger partial charge in [0.2, 0.25) is 18.4 Å². The van der Waals surface area contributed by atoms with Crippen molar-refractivity contribution in [2.45, 2.75) is 18.5 Å². The van der Waals surface area contributed by atoms with Gasteiger partial charge in [-0.05, 0) is 42.0 Å². The van der Waals surface area contributed by atoms with Crippen molar-refractivity contribution in [3.8, 4) is 22.9 Å². The third kappa shape index (κ3) is 3.24. The number of halogens is 3. The molecule has 0 aliphatic carbocycles. The van der Waals surface area contributed by atoms with E-state index >= 15 is 0 Å². The number of aromatic nitrogens is 2. The number of ether oxygens (including phenoxy) is 3. The first-order chi connectivity index (χ1) is 14.8. The van der Waals surface area contributed by atoms with Crippen molar-refractivity contribution in [1.29, 1.82) is 0 Å². The molecule has 1 N–H and O–H groups in total. The molecule has 5 rings (SSSR count). The second kappa shape index (κ2) is 6.93. The number of imidazole rings is 1. The Morgan fingerprint density at radius 2 is 1.97 bits per heavy atom. The number of methoxy groups -OCH3 is 1. The van der Waals surface area contributed by atoms with E-state index in [1.54, 1.807) is 16.7 Å². The molecule has 0 saturated heterocycles. The second-order valence-corrected chi connectivity index (χ2v) is 7.15. The van der Waals surface area contributed by atoms with E-state index in [1.165, 1.54) is 25.6 Å². The van der Waals surface area contributed by atoms with Gasteiger partial charge in [-0.15, -0.1) is 0 Å². The number of hydrogen-bond acceptors (Lipinski definition) is 5. The predicted molar refractivity (Wildman–Crippen MR) is 103 cm³/mol. The smallest absolute Gasteiger partial charge is 0.416 e. The molecular weight excluding hydrogens is 415 g/mol. The summed E-state index contributed by atoms with van der Waals surface area (Å²) in [6.45, 7) is 0.0645. The van der Waals surface area contributed by atoms with Crippen LogP contribution in [0.3, 0.4) is 0 Å². The van der Waals surface area contributed by atoms with Crippen LogP contribution < -0.4 is 19.5 Å². The van der Waals surface area contributed by atoms with E-state index in [-0.39, 0.29) is 19.1 Å². The Bertz CT molecular complexity index is 1170. The van der Waals surface area contributed by atoms with Gasteiger partial charge in [-0.25, -0.2) is 4.98 Å². The van der Waals surface area contributed by atoms with E-state index in [1.807, 2.05) is 0 Å². The van der Waals surface area contributed by atoms with Crippen molar-refractivity contribution in [2.75, 3.05) is 19.2 Å². The fourth-order valence-electron chi connectivity index (χ4n) is 3.90. The molecule has 31 heavy (non-hydrogen) atoms. The molecule has 1 aromatic heterocycles. The Morgan fingerprint density at radius 3 is 2.68 bits per heavy atom. The van der Waals surface area contributed by atoms with Gasteiger partial charge in [0.25, 0.3) is 0 Å². The highest BCUT2D eigenvalue weighted by molar-refractivity contribution is 5.94. The van der Waals surface area contributed by atoms with Crippen LogP contribution in [0.2, 0.25) is 0 Å². The third-order valence-electron chi connectivity index (χ3n) is 5.34. The molecule has 1 amide bonds. The number of carbonyl (C=O) groups is 1. The first-order valence-electron chi connectivity index (χ1n) is 9.37. The van der Waals surface area contributed by atoms with Crippen molar-refractivity contribution < 1.29 is 32.2 Å². The molecule has 0 fully saturated rings. The van der Waals surface area contributed by atoms with Crippen LogP contribution in [-0.4, -0.2) is 29.4 Å². The van der Waals surface area contributed by atoms with Crippen LogP contribution in [0.4, 0.5) is 19.0 Å². The fourth-order valence-corrected chi connectivity index (χ4v) is 3.90. The maximum atomic E-state index is 12.9. The van der Waals surface area contributed by atoms with Crippen molar-refractivity contribution >= 4 is 11.7 Å². The molecule has 7 nitrogen and oxygen atoms in total. The fraction of sp³-hybridized carbons (Fsp3) is 0.238. The number of amides is 1. The summed E-state index contributed by atoms with van der Waals surface area (Å²) >= 11 is 0. The molecule has 10 heteroatoms. The summed E-state index contributed by atoms with van der Waals surface area (Å²) in [5.74, 6) is 1.19. The van der Waals surface area contributed by atoms with Gasteiger partial charge < -0.3 is 24.1 Å². The average molecular weight is 431 g/mol. The zero-order valence-corrected chi connectivity index (χ0v) is 16.2. The lowest BCUT2D eigenvalue weighted by molar-refractivity contribution is -0.137. The molecule has 3 heterocycles. The van der Waals surface area contributed by atoms with Gasteiger partial charge >= 0.3 is 6.18 Å². The molecule has 160 valence electrons. The summed E-state index contributed by atoms with van der Waals surface area (Å²) in [5, 5.41) is 2.73. The molecule has 2 aliphatic rings. The van der Waals surface area contributed by atoms with Gasteiger partial charge in [-0.3, -0.25) is 4.79 Å². The lowest BCUT2D eigenvalue weighted by Crippen LogP contribution is -2.25. The van der Waals surface area contributed by atoms with E-state index < -0.39 is 17.7 Å². The van der Waals surface area contributed by atoms with Crippen molar-refractivity contribution in [3.05, 3.63) is 59.5 Å². The van der Waals surface area contributed by atoms with Crippen molar-refractivity contribution in [3.63, 3.8) is 0 Å². The predicted octanol–water partition coefficient (Wildman–Crippen LogP) is 4.10. The number of rotatable bonds is 3. The normalized spacial score (nSPS) is 17.3. The number of anilines is 1. The average Bonchev–Trinajstić information content (AvgIpc) is 3.38. The standard InChI is InChI=1S/C21H16F3N3O4/c1-29-15-6-11(7-16-19(15)31-10-30-16)14-8-17(28)26-20-18(14)27(9-25-20)13-4-2-12(3-5-13)21(22,23)24/h2-7,9,14H,8,10H2,1H3,(H,26,28). The zero-order valence-electron chi connectivity index (χ0n) is 16.2. The van der Waals surface area contributed by atoms with Gasteiger partial charge in [0, 0.05) is 18.0 Å². The number of alkyl halides is 3. The quantitative estimate of drug-likeness (QED) is 0.676. The summed E-state index contributed by atoms with van der Waals surface area (Å²) in [7, 11) is 1.51. The molecule has 1 atom stereocenters. The SMILES string of the molecule is COc1cc(C2CC(=O)Nc3ncn(-c4ccc(C(F)(F)F)cc4)c32)cc2c1OCO2. The highest BCUT2D eigenvalue weighted by Crippen LogP contribution is 2.46. The molecular formula is C21H16F3N3O4. The number of nitrogens with one attached hydrogen (secondary N) is 1.